The molecule has 1 aromatic heterocycles. The fourth-order valence-electron chi connectivity index (χ4n) is 3.90. The van der Waals surface area contributed by atoms with Crippen molar-refractivity contribution in [2.75, 3.05) is 18.5 Å². The maximum atomic E-state index is 13.4. The van der Waals surface area contributed by atoms with Crippen molar-refractivity contribution >= 4 is 11.6 Å². The van der Waals surface area contributed by atoms with Crippen molar-refractivity contribution in [3.8, 4) is 0 Å². The van der Waals surface area contributed by atoms with Crippen molar-refractivity contribution in [3.63, 3.8) is 0 Å². The Balaban J connectivity index is 1.53. The van der Waals surface area contributed by atoms with E-state index in [0.717, 1.165) is 16.7 Å². The molecule has 0 atom stereocenters. The van der Waals surface area contributed by atoms with E-state index in [9.17, 15) is 9.18 Å². The SMILES string of the molecule is Cc1cccc(C2(C(=O)Nc3cnn(Cc4cccc(F)c4)c3)CCOCC2)c1. The highest BCUT2D eigenvalue weighted by molar-refractivity contribution is 5.99. The number of amides is 1. The molecule has 0 unspecified atom stereocenters. The second kappa shape index (κ2) is 8.17. The Bertz CT molecular complexity index is 1010. The third-order valence-electron chi connectivity index (χ3n) is 5.48. The third kappa shape index (κ3) is 4.22. The average molecular weight is 393 g/mol. The summed E-state index contributed by atoms with van der Waals surface area (Å²) in [5, 5.41) is 7.34. The molecule has 5 nitrogen and oxygen atoms in total. The van der Waals surface area contributed by atoms with E-state index in [0.29, 0.717) is 38.3 Å². The number of ether oxygens (including phenoxy) is 1. The van der Waals surface area contributed by atoms with Crippen LogP contribution in [-0.2, 0) is 21.5 Å². The van der Waals surface area contributed by atoms with Gasteiger partial charge in [0, 0.05) is 19.4 Å². The average Bonchev–Trinajstić information content (AvgIpc) is 3.15. The summed E-state index contributed by atoms with van der Waals surface area (Å²) in [7, 11) is 0. The van der Waals surface area contributed by atoms with Gasteiger partial charge in [0.15, 0.2) is 0 Å². The van der Waals surface area contributed by atoms with E-state index < -0.39 is 5.41 Å². The largest absolute Gasteiger partial charge is 0.381 e. The molecule has 2 aromatic carbocycles. The first-order chi connectivity index (χ1) is 14.0. The van der Waals surface area contributed by atoms with Gasteiger partial charge in [0.05, 0.1) is 23.8 Å². The summed E-state index contributed by atoms with van der Waals surface area (Å²) >= 11 is 0. The lowest BCUT2D eigenvalue weighted by molar-refractivity contribution is -0.125. The van der Waals surface area contributed by atoms with Crippen molar-refractivity contribution < 1.29 is 13.9 Å². The van der Waals surface area contributed by atoms with Gasteiger partial charge in [0.1, 0.15) is 5.82 Å². The molecule has 1 aliphatic rings. The van der Waals surface area contributed by atoms with Gasteiger partial charge in [-0.2, -0.15) is 5.10 Å². The van der Waals surface area contributed by atoms with Crippen LogP contribution in [0.15, 0.2) is 60.9 Å². The minimum absolute atomic E-state index is 0.0447. The van der Waals surface area contributed by atoms with E-state index in [1.807, 2.05) is 31.2 Å². The summed E-state index contributed by atoms with van der Waals surface area (Å²) in [5.41, 5.74) is 2.97. The van der Waals surface area contributed by atoms with E-state index in [2.05, 4.69) is 16.5 Å². The van der Waals surface area contributed by atoms with Crippen LogP contribution in [0.3, 0.4) is 0 Å². The lowest BCUT2D eigenvalue weighted by atomic mass is 9.73. The molecule has 1 amide bonds. The predicted octanol–water partition coefficient (Wildman–Crippen LogP) is 4.07. The van der Waals surface area contributed by atoms with Crippen LogP contribution in [0.5, 0.6) is 0 Å². The molecule has 0 spiro atoms. The first kappa shape index (κ1) is 19.3. The van der Waals surface area contributed by atoms with Gasteiger partial charge in [0.2, 0.25) is 5.91 Å². The van der Waals surface area contributed by atoms with Gasteiger partial charge in [-0.3, -0.25) is 9.48 Å². The topological polar surface area (TPSA) is 56.2 Å². The summed E-state index contributed by atoms with van der Waals surface area (Å²) in [5.74, 6) is -0.320. The summed E-state index contributed by atoms with van der Waals surface area (Å²) in [6.45, 7) is 3.58. The Morgan fingerprint density at radius 1 is 1.21 bits per heavy atom. The Hall–Kier alpha value is -2.99. The molecule has 0 bridgehead atoms. The maximum absolute atomic E-state index is 13.4. The Labute approximate surface area is 169 Å². The zero-order valence-corrected chi connectivity index (χ0v) is 16.4. The molecular formula is C23H24FN3O2. The number of rotatable bonds is 5. The summed E-state index contributed by atoms with van der Waals surface area (Å²) in [4.78, 5) is 13.4. The minimum Gasteiger partial charge on any atom is -0.381 e. The summed E-state index contributed by atoms with van der Waals surface area (Å²) in [6.07, 6.45) is 4.67. The minimum atomic E-state index is -0.616. The fourth-order valence-corrected chi connectivity index (χ4v) is 3.90. The molecule has 6 heteroatoms. The zero-order chi connectivity index (χ0) is 20.3. The lowest BCUT2D eigenvalue weighted by Crippen LogP contribution is -2.44. The van der Waals surface area contributed by atoms with Gasteiger partial charge in [-0.1, -0.05) is 42.0 Å². The molecule has 4 rings (SSSR count). The molecule has 1 fully saturated rings. The monoisotopic (exact) mass is 393 g/mol. The number of nitrogens with zero attached hydrogens (tertiary/aromatic N) is 2. The van der Waals surface area contributed by atoms with E-state index in [4.69, 9.17) is 4.74 Å². The van der Waals surface area contributed by atoms with Crippen LogP contribution in [0.1, 0.15) is 29.5 Å². The molecule has 1 saturated heterocycles. The first-order valence-corrected chi connectivity index (χ1v) is 9.78. The molecule has 1 aliphatic heterocycles. The molecule has 0 saturated carbocycles. The number of nitrogens with one attached hydrogen (secondary N) is 1. The van der Waals surface area contributed by atoms with Crippen molar-refractivity contribution in [1.82, 2.24) is 9.78 Å². The van der Waals surface area contributed by atoms with Crippen LogP contribution in [0.2, 0.25) is 0 Å². The van der Waals surface area contributed by atoms with E-state index in [-0.39, 0.29) is 11.7 Å². The normalized spacial score (nSPS) is 15.8. The van der Waals surface area contributed by atoms with Gasteiger partial charge in [-0.25, -0.2) is 4.39 Å². The highest BCUT2D eigenvalue weighted by Gasteiger charge is 2.41. The number of halogens is 1. The molecule has 2 heterocycles. The van der Waals surface area contributed by atoms with Crippen molar-refractivity contribution in [2.24, 2.45) is 0 Å². The Kier molecular flexibility index (Phi) is 5.45. The highest BCUT2D eigenvalue weighted by atomic mass is 19.1. The smallest absolute Gasteiger partial charge is 0.235 e. The number of hydrogen-bond acceptors (Lipinski definition) is 3. The van der Waals surface area contributed by atoms with Gasteiger partial charge >= 0.3 is 0 Å². The zero-order valence-electron chi connectivity index (χ0n) is 16.4. The molecule has 150 valence electrons. The van der Waals surface area contributed by atoms with E-state index in [1.54, 1.807) is 23.1 Å². The second-order valence-corrected chi connectivity index (χ2v) is 7.57. The second-order valence-electron chi connectivity index (χ2n) is 7.57. The molecular weight excluding hydrogens is 369 g/mol. The Morgan fingerprint density at radius 2 is 2.00 bits per heavy atom. The molecule has 1 N–H and O–H groups in total. The summed E-state index contributed by atoms with van der Waals surface area (Å²) < 4.78 is 20.6. The number of benzene rings is 2. The van der Waals surface area contributed by atoms with Crippen LogP contribution in [0.25, 0.3) is 0 Å². The number of carbonyl (C=O) groups excluding carboxylic acids is 1. The standard InChI is InChI=1S/C23H24FN3O2/c1-17-4-2-6-19(12-17)23(8-10-29-11-9-23)22(28)26-21-14-25-27(16-21)15-18-5-3-7-20(24)13-18/h2-7,12-14,16H,8-11,15H2,1H3,(H,26,28). The third-order valence-corrected chi connectivity index (χ3v) is 5.48. The number of hydrogen-bond donors (Lipinski definition) is 1. The van der Waals surface area contributed by atoms with Crippen LogP contribution >= 0.6 is 0 Å². The lowest BCUT2D eigenvalue weighted by Gasteiger charge is -2.36. The van der Waals surface area contributed by atoms with Gasteiger partial charge < -0.3 is 10.1 Å². The number of anilines is 1. The molecule has 0 aliphatic carbocycles. The quantitative estimate of drug-likeness (QED) is 0.711. The van der Waals surface area contributed by atoms with Crippen molar-refractivity contribution in [1.29, 1.82) is 0 Å². The first-order valence-electron chi connectivity index (χ1n) is 9.78. The van der Waals surface area contributed by atoms with Crippen LogP contribution in [-0.4, -0.2) is 28.9 Å². The van der Waals surface area contributed by atoms with Crippen LogP contribution in [0.4, 0.5) is 10.1 Å². The number of aryl methyl sites for hydroxylation is 1. The van der Waals surface area contributed by atoms with Crippen LogP contribution in [0, 0.1) is 12.7 Å². The van der Waals surface area contributed by atoms with E-state index >= 15 is 0 Å². The van der Waals surface area contributed by atoms with Gasteiger partial charge in [-0.05, 0) is 43.0 Å². The van der Waals surface area contributed by atoms with Gasteiger partial charge in [-0.15, -0.1) is 0 Å². The number of carbonyl (C=O) groups is 1. The molecule has 0 radical (unpaired) electrons. The number of aromatic nitrogens is 2. The van der Waals surface area contributed by atoms with Crippen molar-refractivity contribution in [3.05, 3.63) is 83.4 Å². The summed E-state index contributed by atoms with van der Waals surface area (Å²) in [6, 6.07) is 14.5. The molecule has 3 aromatic rings. The fraction of sp³-hybridized carbons (Fsp3) is 0.304. The Morgan fingerprint density at radius 3 is 2.76 bits per heavy atom. The predicted molar refractivity (Wildman–Crippen MR) is 109 cm³/mol. The van der Waals surface area contributed by atoms with Crippen molar-refractivity contribution in [2.45, 2.75) is 31.7 Å². The highest BCUT2D eigenvalue weighted by Crippen LogP contribution is 2.36. The van der Waals surface area contributed by atoms with Gasteiger partial charge in [0.25, 0.3) is 0 Å². The van der Waals surface area contributed by atoms with E-state index in [1.165, 1.54) is 12.1 Å². The maximum Gasteiger partial charge on any atom is 0.235 e. The van der Waals surface area contributed by atoms with Crippen LogP contribution < -0.4 is 5.32 Å². The molecule has 29 heavy (non-hydrogen) atoms.